The summed E-state index contributed by atoms with van der Waals surface area (Å²) < 4.78 is 11.4. The zero-order valence-electron chi connectivity index (χ0n) is 14.9. The third-order valence-corrected chi connectivity index (χ3v) is 4.52. The highest BCUT2D eigenvalue weighted by Gasteiger charge is 2.24. The SMILES string of the molecule is COC(=O)c1cc(OC)cc(C(=O)N2CCc3cc(=O)n(C)cc3C2)c1. The number of nitrogens with zero attached hydrogens (tertiary/aromatic N) is 2. The number of fused-ring (bicyclic) bond motifs is 1. The lowest BCUT2D eigenvalue weighted by molar-refractivity contribution is 0.0600. The Bertz CT molecular complexity index is 932. The van der Waals surface area contributed by atoms with Gasteiger partial charge < -0.3 is 18.9 Å². The first-order chi connectivity index (χ1) is 12.4. The van der Waals surface area contributed by atoms with E-state index >= 15 is 0 Å². The van der Waals surface area contributed by atoms with E-state index in [0.29, 0.717) is 30.8 Å². The number of hydrogen-bond donors (Lipinski definition) is 0. The summed E-state index contributed by atoms with van der Waals surface area (Å²) in [5.74, 6) is -0.318. The van der Waals surface area contributed by atoms with Crippen LogP contribution in [0, 0.1) is 0 Å². The predicted molar refractivity (Wildman–Crippen MR) is 94.5 cm³/mol. The maximum atomic E-state index is 12.9. The Kier molecular flexibility index (Phi) is 4.79. The zero-order chi connectivity index (χ0) is 18.8. The highest BCUT2D eigenvalue weighted by atomic mass is 16.5. The van der Waals surface area contributed by atoms with Crippen molar-refractivity contribution in [2.24, 2.45) is 7.05 Å². The Labute approximate surface area is 150 Å². The fourth-order valence-electron chi connectivity index (χ4n) is 3.07. The lowest BCUT2D eigenvalue weighted by atomic mass is 10.0. The molecular weight excluding hydrogens is 336 g/mol. The van der Waals surface area contributed by atoms with Crippen molar-refractivity contribution in [1.82, 2.24) is 9.47 Å². The first-order valence-electron chi connectivity index (χ1n) is 8.18. The van der Waals surface area contributed by atoms with Crippen molar-refractivity contribution in [3.8, 4) is 5.75 Å². The molecule has 26 heavy (non-hydrogen) atoms. The molecule has 0 saturated carbocycles. The molecule has 3 rings (SSSR count). The van der Waals surface area contributed by atoms with E-state index in [-0.39, 0.29) is 17.0 Å². The molecule has 0 fully saturated rings. The zero-order valence-corrected chi connectivity index (χ0v) is 14.9. The van der Waals surface area contributed by atoms with Gasteiger partial charge in [-0.25, -0.2) is 4.79 Å². The molecule has 1 aromatic heterocycles. The molecule has 7 nitrogen and oxygen atoms in total. The third kappa shape index (κ3) is 3.33. The molecule has 0 atom stereocenters. The minimum Gasteiger partial charge on any atom is -0.497 e. The second-order valence-electron chi connectivity index (χ2n) is 6.19. The molecule has 1 aliphatic heterocycles. The molecule has 2 aromatic rings. The van der Waals surface area contributed by atoms with E-state index in [2.05, 4.69) is 0 Å². The number of aryl methyl sites for hydroxylation is 1. The van der Waals surface area contributed by atoms with Crippen LogP contribution in [-0.2, 0) is 24.8 Å². The van der Waals surface area contributed by atoms with Gasteiger partial charge in [-0.15, -0.1) is 0 Å². The molecule has 0 N–H and O–H groups in total. The minimum atomic E-state index is -0.531. The average molecular weight is 356 g/mol. The summed E-state index contributed by atoms with van der Waals surface area (Å²) in [7, 11) is 4.45. The summed E-state index contributed by atoms with van der Waals surface area (Å²) in [5, 5.41) is 0. The van der Waals surface area contributed by atoms with Gasteiger partial charge in [0.2, 0.25) is 0 Å². The predicted octanol–water partition coefficient (Wildman–Crippen LogP) is 1.38. The topological polar surface area (TPSA) is 77.8 Å². The Hall–Kier alpha value is -3.09. The van der Waals surface area contributed by atoms with Crippen LogP contribution in [0.4, 0.5) is 0 Å². The molecule has 2 heterocycles. The van der Waals surface area contributed by atoms with Crippen LogP contribution in [-0.4, -0.2) is 42.1 Å². The maximum absolute atomic E-state index is 12.9. The second-order valence-corrected chi connectivity index (χ2v) is 6.19. The largest absolute Gasteiger partial charge is 0.497 e. The van der Waals surface area contributed by atoms with Gasteiger partial charge in [-0.2, -0.15) is 0 Å². The number of carbonyl (C=O) groups excluding carboxylic acids is 2. The van der Waals surface area contributed by atoms with Gasteiger partial charge in [0.05, 0.1) is 19.8 Å². The van der Waals surface area contributed by atoms with E-state index in [9.17, 15) is 14.4 Å². The van der Waals surface area contributed by atoms with Gasteiger partial charge in [-0.3, -0.25) is 9.59 Å². The molecule has 1 aliphatic rings. The summed E-state index contributed by atoms with van der Waals surface area (Å²) in [6.07, 6.45) is 2.38. The molecule has 7 heteroatoms. The van der Waals surface area contributed by atoms with Crippen molar-refractivity contribution in [3.05, 3.63) is 63.1 Å². The molecule has 0 bridgehead atoms. The van der Waals surface area contributed by atoms with Gasteiger partial charge in [0.1, 0.15) is 5.75 Å². The Balaban J connectivity index is 1.91. The monoisotopic (exact) mass is 356 g/mol. The summed E-state index contributed by atoms with van der Waals surface area (Å²) >= 11 is 0. The molecule has 0 saturated heterocycles. The van der Waals surface area contributed by atoms with Crippen LogP contribution in [0.1, 0.15) is 31.8 Å². The summed E-state index contributed by atoms with van der Waals surface area (Å²) in [4.78, 5) is 38.2. The third-order valence-electron chi connectivity index (χ3n) is 4.52. The van der Waals surface area contributed by atoms with Crippen LogP contribution in [0.15, 0.2) is 35.3 Å². The van der Waals surface area contributed by atoms with Crippen LogP contribution in [0.5, 0.6) is 5.75 Å². The molecule has 1 aromatic carbocycles. The molecule has 0 radical (unpaired) electrons. The molecule has 136 valence electrons. The Morgan fingerprint density at radius 2 is 1.77 bits per heavy atom. The van der Waals surface area contributed by atoms with Crippen LogP contribution in [0.3, 0.4) is 0 Å². The van der Waals surface area contributed by atoms with Crippen LogP contribution >= 0.6 is 0 Å². The quantitative estimate of drug-likeness (QED) is 0.777. The molecule has 0 unspecified atom stereocenters. The number of benzene rings is 1. The Morgan fingerprint density at radius 3 is 2.46 bits per heavy atom. The van der Waals surface area contributed by atoms with Gasteiger partial charge in [0.15, 0.2) is 0 Å². The number of aromatic nitrogens is 1. The van der Waals surface area contributed by atoms with Crippen molar-refractivity contribution < 1.29 is 19.1 Å². The Morgan fingerprint density at radius 1 is 1.04 bits per heavy atom. The van der Waals surface area contributed by atoms with E-state index in [1.807, 2.05) is 0 Å². The van der Waals surface area contributed by atoms with Crippen molar-refractivity contribution in [3.63, 3.8) is 0 Å². The van der Waals surface area contributed by atoms with Crippen molar-refractivity contribution in [2.75, 3.05) is 20.8 Å². The van der Waals surface area contributed by atoms with E-state index in [0.717, 1.165) is 11.1 Å². The van der Waals surface area contributed by atoms with Crippen molar-refractivity contribution in [1.29, 1.82) is 0 Å². The lowest BCUT2D eigenvalue weighted by Crippen LogP contribution is -2.37. The van der Waals surface area contributed by atoms with Gasteiger partial charge >= 0.3 is 5.97 Å². The normalized spacial score (nSPS) is 13.1. The second kappa shape index (κ2) is 7.03. The minimum absolute atomic E-state index is 0.0564. The highest BCUT2D eigenvalue weighted by Crippen LogP contribution is 2.23. The first kappa shape index (κ1) is 17.7. The summed E-state index contributed by atoms with van der Waals surface area (Å²) in [5.41, 5.74) is 2.48. The number of amides is 1. The number of hydrogen-bond acceptors (Lipinski definition) is 5. The van der Waals surface area contributed by atoms with E-state index < -0.39 is 5.97 Å². The standard InChI is InChI=1S/C19H20N2O5/c1-20-10-15-11-21(5-4-12(15)9-17(20)22)18(23)13-6-14(19(24)26-3)8-16(7-13)25-2/h6-10H,4-5,11H2,1-3H3. The smallest absolute Gasteiger partial charge is 0.338 e. The number of methoxy groups -OCH3 is 2. The average Bonchev–Trinajstić information content (AvgIpc) is 2.66. The molecule has 0 aliphatic carbocycles. The molecule has 0 spiro atoms. The fraction of sp³-hybridized carbons (Fsp3) is 0.316. The number of rotatable bonds is 3. The highest BCUT2D eigenvalue weighted by molar-refractivity contribution is 5.98. The van der Waals surface area contributed by atoms with Crippen molar-refractivity contribution >= 4 is 11.9 Å². The molecular formula is C19H20N2O5. The number of carbonyl (C=O) groups is 2. The van der Waals surface area contributed by atoms with E-state index in [4.69, 9.17) is 9.47 Å². The van der Waals surface area contributed by atoms with Gasteiger partial charge in [0, 0.05) is 38.0 Å². The van der Waals surface area contributed by atoms with Crippen molar-refractivity contribution in [2.45, 2.75) is 13.0 Å². The summed E-state index contributed by atoms with van der Waals surface area (Å²) in [6, 6.07) is 6.26. The summed E-state index contributed by atoms with van der Waals surface area (Å²) in [6.45, 7) is 0.914. The number of esters is 1. The number of pyridine rings is 1. The lowest BCUT2D eigenvalue weighted by Gasteiger charge is -2.29. The number of ether oxygens (including phenoxy) is 2. The van der Waals surface area contributed by atoms with E-state index in [1.165, 1.54) is 30.9 Å². The molecule has 1 amide bonds. The van der Waals surface area contributed by atoms with Crippen LogP contribution in [0.2, 0.25) is 0 Å². The first-order valence-corrected chi connectivity index (χ1v) is 8.18. The van der Waals surface area contributed by atoms with Gasteiger partial charge in [0.25, 0.3) is 11.5 Å². The maximum Gasteiger partial charge on any atom is 0.338 e. The van der Waals surface area contributed by atoms with E-state index in [1.54, 1.807) is 30.3 Å². The van der Waals surface area contributed by atoms with Gasteiger partial charge in [-0.05, 0) is 35.7 Å². The van der Waals surface area contributed by atoms with Gasteiger partial charge in [-0.1, -0.05) is 0 Å². The fourth-order valence-corrected chi connectivity index (χ4v) is 3.07. The van der Waals surface area contributed by atoms with Crippen LogP contribution < -0.4 is 10.3 Å². The van der Waals surface area contributed by atoms with Crippen LogP contribution in [0.25, 0.3) is 0 Å².